The van der Waals surface area contributed by atoms with Crippen LogP contribution in [0.25, 0.3) is 0 Å². The monoisotopic (exact) mass is 214 g/mol. The molecule has 0 aliphatic heterocycles. The van der Waals surface area contributed by atoms with Crippen molar-refractivity contribution < 1.29 is 9.90 Å². The van der Waals surface area contributed by atoms with Gasteiger partial charge in [0.2, 0.25) is 5.91 Å². The number of nitrogens with two attached hydrogens (primary N) is 1. The maximum Gasteiger partial charge on any atom is 0.224 e. The summed E-state index contributed by atoms with van der Waals surface area (Å²) in [5.41, 5.74) is 4.88. The van der Waals surface area contributed by atoms with E-state index in [2.05, 4.69) is 5.32 Å². The molecule has 0 aromatic heterocycles. The molecule has 15 heavy (non-hydrogen) atoms. The number of rotatable bonds is 6. The van der Waals surface area contributed by atoms with E-state index in [1.807, 2.05) is 6.92 Å². The van der Waals surface area contributed by atoms with Crippen molar-refractivity contribution in [3.63, 3.8) is 0 Å². The van der Waals surface area contributed by atoms with Crippen LogP contribution in [0.4, 0.5) is 0 Å². The summed E-state index contributed by atoms with van der Waals surface area (Å²) in [5, 5.41) is 12.6. The third-order valence-corrected chi connectivity index (χ3v) is 3.17. The molecule has 0 saturated heterocycles. The molecule has 1 aliphatic carbocycles. The summed E-state index contributed by atoms with van der Waals surface area (Å²) in [6.45, 7) is 2.81. The highest BCUT2D eigenvalue weighted by Gasteiger charge is 2.34. The highest BCUT2D eigenvalue weighted by Crippen LogP contribution is 2.30. The topological polar surface area (TPSA) is 75.4 Å². The Morgan fingerprint density at radius 1 is 1.60 bits per heavy atom. The molecule has 0 heterocycles. The lowest BCUT2D eigenvalue weighted by molar-refractivity contribution is -0.127. The summed E-state index contributed by atoms with van der Waals surface area (Å²) in [7, 11) is 0. The minimum Gasteiger partial charge on any atom is -0.388 e. The van der Waals surface area contributed by atoms with Crippen LogP contribution < -0.4 is 11.1 Å². The first-order valence-electron chi connectivity index (χ1n) is 5.81. The zero-order chi connectivity index (χ0) is 11.3. The van der Waals surface area contributed by atoms with Gasteiger partial charge < -0.3 is 16.2 Å². The van der Waals surface area contributed by atoms with Gasteiger partial charge in [0.05, 0.1) is 11.5 Å². The van der Waals surface area contributed by atoms with Gasteiger partial charge in [0.1, 0.15) is 0 Å². The van der Waals surface area contributed by atoms with Crippen molar-refractivity contribution >= 4 is 5.91 Å². The first-order chi connectivity index (χ1) is 7.11. The van der Waals surface area contributed by atoms with E-state index in [1.165, 1.54) is 0 Å². The maximum absolute atomic E-state index is 11.6. The minimum atomic E-state index is -0.638. The SMILES string of the molecule is CCCC(CN)C(=O)NCC1(O)CCC1. The predicted octanol–water partition coefficient (Wildman–Crippen LogP) is 0.393. The molecule has 4 nitrogen and oxygen atoms in total. The van der Waals surface area contributed by atoms with Crippen molar-refractivity contribution in [2.75, 3.05) is 13.1 Å². The van der Waals surface area contributed by atoms with Gasteiger partial charge in [-0.05, 0) is 25.7 Å². The molecule has 0 aromatic carbocycles. The number of amides is 1. The third kappa shape index (κ3) is 3.47. The van der Waals surface area contributed by atoms with E-state index in [-0.39, 0.29) is 11.8 Å². The molecular formula is C11H22N2O2. The molecule has 4 heteroatoms. The second kappa shape index (κ2) is 5.47. The normalized spacial score (nSPS) is 20.5. The van der Waals surface area contributed by atoms with Crippen LogP contribution in [0, 0.1) is 5.92 Å². The molecule has 1 amide bonds. The van der Waals surface area contributed by atoms with Crippen LogP contribution >= 0.6 is 0 Å². The van der Waals surface area contributed by atoms with Crippen molar-refractivity contribution in [3.05, 3.63) is 0 Å². The van der Waals surface area contributed by atoms with E-state index in [0.29, 0.717) is 13.1 Å². The van der Waals surface area contributed by atoms with Crippen LogP contribution in [0.15, 0.2) is 0 Å². The summed E-state index contributed by atoms with van der Waals surface area (Å²) < 4.78 is 0. The van der Waals surface area contributed by atoms with Crippen molar-refractivity contribution in [3.8, 4) is 0 Å². The van der Waals surface area contributed by atoms with Crippen LogP contribution in [-0.2, 0) is 4.79 Å². The van der Waals surface area contributed by atoms with Gasteiger partial charge in [-0.2, -0.15) is 0 Å². The standard InChI is InChI=1S/C11H22N2O2/c1-2-4-9(7-12)10(14)13-8-11(15)5-3-6-11/h9,15H,2-8,12H2,1H3,(H,13,14). The van der Waals surface area contributed by atoms with Crippen LogP contribution in [0.3, 0.4) is 0 Å². The fraction of sp³-hybridized carbons (Fsp3) is 0.909. The number of nitrogens with one attached hydrogen (secondary N) is 1. The van der Waals surface area contributed by atoms with Gasteiger partial charge in [0.15, 0.2) is 0 Å². The number of hydrogen-bond donors (Lipinski definition) is 3. The number of carbonyl (C=O) groups excluding carboxylic acids is 1. The second-order valence-electron chi connectivity index (χ2n) is 4.52. The number of aliphatic hydroxyl groups is 1. The quantitative estimate of drug-likeness (QED) is 0.599. The van der Waals surface area contributed by atoms with Gasteiger partial charge in [0, 0.05) is 13.1 Å². The summed E-state index contributed by atoms with van der Waals surface area (Å²) in [5.74, 6) is -0.113. The van der Waals surface area contributed by atoms with E-state index in [0.717, 1.165) is 32.1 Å². The van der Waals surface area contributed by atoms with Gasteiger partial charge in [-0.15, -0.1) is 0 Å². The summed E-state index contributed by atoms with van der Waals surface area (Å²) in [6, 6.07) is 0. The molecule has 4 N–H and O–H groups in total. The fourth-order valence-electron chi connectivity index (χ4n) is 1.86. The molecule has 0 bridgehead atoms. The molecule has 0 radical (unpaired) electrons. The summed E-state index contributed by atoms with van der Waals surface area (Å²) in [6.07, 6.45) is 4.44. The predicted molar refractivity (Wildman–Crippen MR) is 59.3 cm³/mol. The molecule has 1 unspecified atom stereocenters. The molecule has 88 valence electrons. The molecule has 1 fully saturated rings. The van der Waals surface area contributed by atoms with E-state index >= 15 is 0 Å². The Bertz CT molecular complexity index is 215. The lowest BCUT2D eigenvalue weighted by atomic mass is 9.80. The molecule has 1 aliphatic rings. The average Bonchev–Trinajstić information content (AvgIpc) is 2.19. The summed E-state index contributed by atoms with van der Waals surface area (Å²) >= 11 is 0. The molecule has 1 rings (SSSR count). The molecule has 0 aromatic rings. The van der Waals surface area contributed by atoms with Crippen LogP contribution in [0.2, 0.25) is 0 Å². The van der Waals surface area contributed by atoms with Gasteiger partial charge in [-0.25, -0.2) is 0 Å². The maximum atomic E-state index is 11.6. The zero-order valence-corrected chi connectivity index (χ0v) is 9.46. The van der Waals surface area contributed by atoms with E-state index in [9.17, 15) is 9.90 Å². The van der Waals surface area contributed by atoms with Crippen molar-refractivity contribution in [2.45, 2.75) is 44.6 Å². The van der Waals surface area contributed by atoms with Crippen LogP contribution in [0.5, 0.6) is 0 Å². The lowest BCUT2D eigenvalue weighted by Crippen LogP contribution is -2.49. The average molecular weight is 214 g/mol. The Balaban J connectivity index is 2.27. The highest BCUT2D eigenvalue weighted by atomic mass is 16.3. The number of carbonyl (C=O) groups is 1. The van der Waals surface area contributed by atoms with E-state index in [1.54, 1.807) is 0 Å². The first kappa shape index (κ1) is 12.5. The third-order valence-electron chi connectivity index (χ3n) is 3.17. The van der Waals surface area contributed by atoms with E-state index in [4.69, 9.17) is 5.73 Å². The highest BCUT2D eigenvalue weighted by molar-refractivity contribution is 5.78. The Hall–Kier alpha value is -0.610. The Labute approximate surface area is 91.2 Å². The van der Waals surface area contributed by atoms with Gasteiger partial charge in [0.25, 0.3) is 0 Å². The van der Waals surface area contributed by atoms with Crippen molar-refractivity contribution in [1.82, 2.24) is 5.32 Å². The molecular weight excluding hydrogens is 192 g/mol. The van der Waals surface area contributed by atoms with Gasteiger partial charge >= 0.3 is 0 Å². The van der Waals surface area contributed by atoms with Crippen LogP contribution in [0.1, 0.15) is 39.0 Å². The first-order valence-corrected chi connectivity index (χ1v) is 5.81. The molecule has 1 saturated carbocycles. The zero-order valence-electron chi connectivity index (χ0n) is 9.46. The fourth-order valence-corrected chi connectivity index (χ4v) is 1.86. The van der Waals surface area contributed by atoms with Gasteiger partial charge in [-0.1, -0.05) is 13.3 Å². The summed E-state index contributed by atoms with van der Waals surface area (Å²) in [4.78, 5) is 11.6. The van der Waals surface area contributed by atoms with Gasteiger partial charge in [-0.3, -0.25) is 4.79 Å². The number of hydrogen-bond acceptors (Lipinski definition) is 3. The Kier molecular flexibility index (Phi) is 4.54. The lowest BCUT2D eigenvalue weighted by Gasteiger charge is -2.36. The second-order valence-corrected chi connectivity index (χ2v) is 4.52. The van der Waals surface area contributed by atoms with E-state index < -0.39 is 5.60 Å². The van der Waals surface area contributed by atoms with Crippen molar-refractivity contribution in [2.24, 2.45) is 11.7 Å². The van der Waals surface area contributed by atoms with Crippen LogP contribution in [-0.4, -0.2) is 29.7 Å². The molecule has 1 atom stereocenters. The minimum absolute atomic E-state index is 0.0142. The van der Waals surface area contributed by atoms with Crippen molar-refractivity contribution in [1.29, 1.82) is 0 Å². The largest absolute Gasteiger partial charge is 0.388 e. The Morgan fingerprint density at radius 3 is 2.67 bits per heavy atom. The smallest absolute Gasteiger partial charge is 0.224 e. The molecule has 0 spiro atoms. The Morgan fingerprint density at radius 2 is 2.27 bits per heavy atom.